The Morgan fingerprint density at radius 2 is 1.50 bits per heavy atom. The van der Waals surface area contributed by atoms with E-state index in [0.29, 0.717) is 0 Å². The van der Waals surface area contributed by atoms with Gasteiger partial charge < -0.3 is 0 Å². The summed E-state index contributed by atoms with van der Waals surface area (Å²) in [6.07, 6.45) is 2.92. The second kappa shape index (κ2) is 3.81. The van der Waals surface area contributed by atoms with Crippen LogP contribution in [-0.4, -0.2) is 0 Å². The molecule has 0 aromatic heterocycles. The van der Waals surface area contributed by atoms with Crippen LogP contribution in [0, 0.1) is 29.6 Å². The lowest BCUT2D eigenvalue weighted by atomic mass is 9.92. The highest BCUT2D eigenvalue weighted by Gasteiger charge is 2.41. The largest absolute Gasteiger partial charge is 0.0625 e. The predicted octanol–water partition coefficient (Wildman–Crippen LogP) is 3.96. The monoisotopic (exact) mass is 168 g/mol. The quantitative estimate of drug-likeness (QED) is 0.596. The van der Waals surface area contributed by atoms with E-state index in [1.54, 1.807) is 0 Å². The van der Waals surface area contributed by atoms with E-state index in [9.17, 15) is 0 Å². The molecule has 0 bridgehead atoms. The van der Waals surface area contributed by atoms with E-state index in [2.05, 4.69) is 34.6 Å². The fourth-order valence-electron chi connectivity index (χ4n) is 2.08. The Hall–Kier alpha value is 0. The fourth-order valence-corrected chi connectivity index (χ4v) is 2.08. The molecule has 3 atom stereocenters. The first-order valence-electron chi connectivity index (χ1n) is 5.54. The average Bonchev–Trinajstić information content (AvgIpc) is 2.56. The Labute approximate surface area is 77.7 Å². The van der Waals surface area contributed by atoms with E-state index in [1.807, 2.05) is 0 Å². The summed E-state index contributed by atoms with van der Waals surface area (Å²) >= 11 is 0. The normalized spacial score (nSPS) is 37.0. The van der Waals surface area contributed by atoms with Gasteiger partial charge in [-0.3, -0.25) is 0 Å². The van der Waals surface area contributed by atoms with Gasteiger partial charge in [0.2, 0.25) is 0 Å². The summed E-state index contributed by atoms with van der Waals surface area (Å²) < 4.78 is 0. The lowest BCUT2D eigenvalue weighted by Crippen LogP contribution is -2.04. The number of hydrogen-bond acceptors (Lipinski definition) is 0. The summed E-state index contributed by atoms with van der Waals surface area (Å²) in [5.41, 5.74) is 0. The zero-order valence-corrected chi connectivity index (χ0v) is 9.30. The summed E-state index contributed by atoms with van der Waals surface area (Å²) in [5.74, 6) is 4.89. The molecular weight excluding hydrogens is 144 g/mol. The molecule has 0 aromatic rings. The zero-order chi connectivity index (χ0) is 9.30. The van der Waals surface area contributed by atoms with Gasteiger partial charge in [-0.05, 0) is 36.0 Å². The van der Waals surface area contributed by atoms with E-state index in [0.717, 1.165) is 29.6 Å². The van der Waals surface area contributed by atoms with E-state index in [-0.39, 0.29) is 0 Å². The smallest absolute Gasteiger partial charge is 0.0357 e. The molecule has 0 aliphatic heterocycles. The van der Waals surface area contributed by atoms with Gasteiger partial charge in [-0.15, -0.1) is 0 Å². The molecule has 0 N–H and O–H groups in total. The summed E-state index contributed by atoms with van der Waals surface area (Å²) in [6, 6.07) is 0. The van der Waals surface area contributed by atoms with E-state index in [4.69, 9.17) is 0 Å². The van der Waals surface area contributed by atoms with Crippen LogP contribution in [0.4, 0.5) is 0 Å². The van der Waals surface area contributed by atoms with Crippen LogP contribution >= 0.6 is 0 Å². The Kier molecular flexibility index (Phi) is 3.20. The molecule has 0 saturated heterocycles. The highest BCUT2D eigenvalue weighted by Crippen LogP contribution is 2.48. The predicted molar refractivity (Wildman–Crippen MR) is 55.1 cm³/mol. The van der Waals surface area contributed by atoms with Crippen LogP contribution < -0.4 is 0 Å². The van der Waals surface area contributed by atoms with Gasteiger partial charge in [0.25, 0.3) is 0 Å². The maximum absolute atomic E-state index is 2.40. The van der Waals surface area contributed by atoms with Gasteiger partial charge in [0.15, 0.2) is 0 Å². The summed E-state index contributed by atoms with van der Waals surface area (Å²) in [6.45, 7) is 11.9. The van der Waals surface area contributed by atoms with Crippen molar-refractivity contribution >= 4 is 0 Å². The first-order chi connectivity index (χ1) is 5.54. The molecule has 1 fully saturated rings. The summed E-state index contributed by atoms with van der Waals surface area (Å²) in [5, 5.41) is 0. The van der Waals surface area contributed by atoms with Gasteiger partial charge in [0.1, 0.15) is 0 Å². The van der Waals surface area contributed by atoms with Gasteiger partial charge in [0, 0.05) is 0 Å². The molecule has 1 aliphatic rings. The van der Waals surface area contributed by atoms with E-state index < -0.39 is 0 Å². The maximum atomic E-state index is 2.40. The molecule has 12 heavy (non-hydrogen) atoms. The van der Waals surface area contributed by atoms with Crippen molar-refractivity contribution in [3.63, 3.8) is 0 Å². The van der Waals surface area contributed by atoms with E-state index >= 15 is 0 Å². The van der Waals surface area contributed by atoms with Crippen molar-refractivity contribution in [3.05, 3.63) is 0 Å². The van der Waals surface area contributed by atoms with Crippen LogP contribution in [0.3, 0.4) is 0 Å². The third-order valence-electron chi connectivity index (χ3n) is 4.13. The molecule has 0 nitrogen and oxygen atoms in total. The van der Waals surface area contributed by atoms with Crippen LogP contribution in [0.5, 0.6) is 0 Å². The molecule has 1 aliphatic carbocycles. The lowest BCUT2D eigenvalue weighted by Gasteiger charge is -2.14. The molecular formula is C12H24. The molecule has 1 rings (SSSR count). The van der Waals surface area contributed by atoms with Gasteiger partial charge in [-0.1, -0.05) is 41.0 Å². The second-order valence-corrected chi connectivity index (χ2v) is 5.18. The molecule has 3 unspecified atom stereocenters. The SMILES string of the molecule is CC(C)C(C)CCC1C(C)C1C. The Bertz CT molecular complexity index is 120. The van der Waals surface area contributed by atoms with Gasteiger partial charge >= 0.3 is 0 Å². The van der Waals surface area contributed by atoms with Crippen molar-refractivity contribution in [2.45, 2.75) is 47.5 Å². The van der Waals surface area contributed by atoms with Crippen LogP contribution in [0.1, 0.15) is 47.5 Å². The van der Waals surface area contributed by atoms with Gasteiger partial charge in [-0.25, -0.2) is 0 Å². The van der Waals surface area contributed by atoms with Crippen LogP contribution in [-0.2, 0) is 0 Å². The second-order valence-electron chi connectivity index (χ2n) is 5.18. The minimum atomic E-state index is 0.870. The molecule has 72 valence electrons. The molecule has 0 radical (unpaired) electrons. The average molecular weight is 168 g/mol. The molecule has 0 amide bonds. The molecule has 0 spiro atoms. The molecule has 0 heterocycles. The lowest BCUT2D eigenvalue weighted by molar-refractivity contribution is 0.368. The van der Waals surface area contributed by atoms with Gasteiger partial charge in [-0.2, -0.15) is 0 Å². The minimum Gasteiger partial charge on any atom is -0.0625 e. The number of rotatable bonds is 4. The fraction of sp³-hybridized carbons (Fsp3) is 1.00. The van der Waals surface area contributed by atoms with Gasteiger partial charge in [0.05, 0.1) is 0 Å². The molecule has 0 heteroatoms. The van der Waals surface area contributed by atoms with Crippen LogP contribution in [0.2, 0.25) is 0 Å². The third kappa shape index (κ3) is 2.24. The third-order valence-corrected chi connectivity index (χ3v) is 4.13. The summed E-state index contributed by atoms with van der Waals surface area (Å²) in [4.78, 5) is 0. The van der Waals surface area contributed by atoms with Crippen molar-refractivity contribution in [1.29, 1.82) is 0 Å². The topological polar surface area (TPSA) is 0 Å². The molecule has 0 aromatic carbocycles. The van der Waals surface area contributed by atoms with Crippen molar-refractivity contribution < 1.29 is 0 Å². The minimum absolute atomic E-state index is 0.870. The standard InChI is InChI=1S/C12H24/c1-8(2)9(3)6-7-12-10(4)11(12)5/h8-12H,6-7H2,1-5H3. The first-order valence-corrected chi connectivity index (χ1v) is 5.54. The highest BCUT2D eigenvalue weighted by atomic mass is 14.5. The van der Waals surface area contributed by atoms with Crippen LogP contribution in [0.25, 0.3) is 0 Å². The first kappa shape index (κ1) is 10.1. The van der Waals surface area contributed by atoms with E-state index in [1.165, 1.54) is 12.8 Å². The Morgan fingerprint density at radius 1 is 1.00 bits per heavy atom. The van der Waals surface area contributed by atoms with Crippen molar-refractivity contribution in [2.24, 2.45) is 29.6 Å². The zero-order valence-electron chi connectivity index (χ0n) is 9.30. The number of hydrogen-bond donors (Lipinski definition) is 0. The van der Waals surface area contributed by atoms with Crippen molar-refractivity contribution in [1.82, 2.24) is 0 Å². The Morgan fingerprint density at radius 3 is 1.83 bits per heavy atom. The van der Waals surface area contributed by atoms with Crippen LogP contribution in [0.15, 0.2) is 0 Å². The highest BCUT2D eigenvalue weighted by molar-refractivity contribution is 4.90. The van der Waals surface area contributed by atoms with Crippen molar-refractivity contribution in [3.8, 4) is 0 Å². The van der Waals surface area contributed by atoms with Crippen molar-refractivity contribution in [2.75, 3.05) is 0 Å². The molecule has 1 saturated carbocycles. The summed E-state index contributed by atoms with van der Waals surface area (Å²) in [7, 11) is 0. The Balaban J connectivity index is 2.11. The maximum Gasteiger partial charge on any atom is -0.0357 e.